The zero-order valence-corrected chi connectivity index (χ0v) is 12.9. The summed E-state index contributed by atoms with van der Waals surface area (Å²) >= 11 is 13.3. The van der Waals surface area contributed by atoms with Gasteiger partial charge in [0.25, 0.3) is 5.91 Å². The molecule has 0 aliphatic rings. The van der Waals surface area contributed by atoms with Crippen LogP contribution in [0.2, 0.25) is 10.0 Å². The quantitative estimate of drug-likeness (QED) is 0.805. The van der Waals surface area contributed by atoms with Gasteiger partial charge < -0.3 is 15.5 Å². The highest BCUT2D eigenvalue weighted by molar-refractivity contribution is 7.21. The molecule has 20 heavy (non-hydrogen) atoms. The smallest absolute Gasteiger partial charge is 0.263 e. The number of aliphatic hydroxyl groups excluding tert-OH is 1. The Morgan fingerprint density at radius 3 is 2.80 bits per heavy atom. The number of halogens is 2. The van der Waals surface area contributed by atoms with E-state index < -0.39 is 12.2 Å². The fraction of sp³-hybridized carbons (Fsp3) is 0.308. The number of rotatable bonds is 4. The number of carbonyl (C=O) groups is 1. The summed E-state index contributed by atoms with van der Waals surface area (Å²) in [5.74, 6) is -0.388. The first kappa shape index (κ1) is 15.5. The normalized spacial score (nSPS) is 14.2. The van der Waals surface area contributed by atoms with E-state index >= 15 is 0 Å². The Kier molecular flexibility index (Phi) is 4.56. The van der Waals surface area contributed by atoms with E-state index in [1.54, 1.807) is 18.2 Å². The number of hydrogen-bond acceptors (Lipinski definition) is 4. The monoisotopic (exact) mass is 333 g/mol. The Bertz CT molecular complexity index is 654. The SMILES string of the molecule is CC(O)(CO)CNC(=O)c1sc2cc(Cl)ccc2c1Cl. The first-order valence-electron chi connectivity index (χ1n) is 5.83. The number of aliphatic hydroxyl groups is 2. The number of carbonyl (C=O) groups excluding carboxylic acids is 1. The maximum Gasteiger partial charge on any atom is 0.263 e. The number of amides is 1. The fourth-order valence-electron chi connectivity index (χ4n) is 1.59. The molecule has 1 atom stereocenters. The third kappa shape index (κ3) is 3.24. The van der Waals surface area contributed by atoms with Crippen molar-refractivity contribution in [3.63, 3.8) is 0 Å². The minimum atomic E-state index is -1.36. The molecule has 1 heterocycles. The van der Waals surface area contributed by atoms with Crippen LogP contribution < -0.4 is 5.32 Å². The highest BCUT2D eigenvalue weighted by atomic mass is 35.5. The molecule has 3 N–H and O–H groups in total. The van der Waals surface area contributed by atoms with Gasteiger partial charge >= 0.3 is 0 Å². The van der Waals surface area contributed by atoms with Crippen LogP contribution in [0.25, 0.3) is 10.1 Å². The maximum absolute atomic E-state index is 12.1. The number of fused-ring (bicyclic) bond motifs is 1. The van der Waals surface area contributed by atoms with Gasteiger partial charge in [-0.1, -0.05) is 29.3 Å². The molecular formula is C13H13Cl2NO3S. The predicted molar refractivity (Wildman–Crippen MR) is 81.9 cm³/mol. The summed E-state index contributed by atoms with van der Waals surface area (Å²) in [6.45, 7) is 0.927. The van der Waals surface area contributed by atoms with Crippen LogP contribution in [-0.2, 0) is 0 Å². The van der Waals surface area contributed by atoms with E-state index in [-0.39, 0.29) is 12.5 Å². The van der Waals surface area contributed by atoms with Crippen molar-refractivity contribution in [2.45, 2.75) is 12.5 Å². The van der Waals surface area contributed by atoms with Crippen molar-refractivity contribution < 1.29 is 15.0 Å². The third-order valence-electron chi connectivity index (χ3n) is 2.77. The van der Waals surface area contributed by atoms with E-state index in [0.29, 0.717) is 14.9 Å². The van der Waals surface area contributed by atoms with Crippen LogP contribution in [-0.4, -0.2) is 34.9 Å². The summed E-state index contributed by atoms with van der Waals surface area (Å²) in [5, 5.41) is 22.8. The summed E-state index contributed by atoms with van der Waals surface area (Å²) in [7, 11) is 0. The van der Waals surface area contributed by atoms with Crippen LogP contribution in [0, 0.1) is 0 Å². The summed E-state index contributed by atoms with van der Waals surface area (Å²) in [4.78, 5) is 12.4. The number of nitrogens with one attached hydrogen (secondary N) is 1. The topological polar surface area (TPSA) is 69.6 Å². The lowest BCUT2D eigenvalue weighted by Crippen LogP contribution is -2.43. The second kappa shape index (κ2) is 5.87. The molecule has 0 radical (unpaired) electrons. The molecule has 1 aromatic carbocycles. The molecule has 0 spiro atoms. The molecule has 0 saturated carbocycles. The lowest BCUT2D eigenvalue weighted by atomic mass is 10.1. The zero-order valence-electron chi connectivity index (χ0n) is 10.6. The molecule has 0 aliphatic carbocycles. The molecule has 0 fully saturated rings. The van der Waals surface area contributed by atoms with Gasteiger partial charge in [-0.15, -0.1) is 11.3 Å². The molecule has 1 unspecified atom stereocenters. The Hall–Kier alpha value is -0.850. The molecule has 0 aliphatic heterocycles. The Balaban J connectivity index is 2.24. The van der Waals surface area contributed by atoms with Gasteiger partial charge in [0.2, 0.25) is 0 Å². The number of benzene rings is 1. The zero-order chi connectivity index (χ0) is 14.9. The van der Waals surface area contributed by atoms with Gasteiger partial charge in [0.1, 0.15) is 10.5 Å². The third-order valence-corrected chi connectivity index (χ3v) is 4.66. The summed E-state index contributed by atoms with van der Waals surface area (Å²) < 4.78 is 0.821. The van der Waals surface area contributed by atoms with Crippen LogP contribution >= 0.6 is 34.5 Å². The molecule has 108 valence electrons. The molecule has 2 aromatic rings. The van der Waals surface area contributed by atoms with Crippen molar-refractivity contribution in [2.75, 3.05) is 13.2 Å². The van der Waals surface area contributed by atoms with E-state index in [4.69, 9.17) is 28.3 Å². The molecule has 0 bridgehead atoms. The average Bonchev–Trinajstić information content (AvgIpc) is 2.73. The van der Waals surface area contributed by atoms with Crippen molar-refractivity contribution in [1.82, 2.24) is 5.32 Å². The van der Waals surface area contributed by atoms with Crippen molar-refractivity contribution in [1.29, 1.82) is 0 Å². The maximum atomic E-state index is 12.1. The molecule has 1 amide bonds. The second-order valence-electron chi connectivity index (χ2n) is 4.72. The summed E-state index contributed by atoms with van der Waals surface area (Å²) in [6, 6.07) is 5.21. The lowest BCUT2D eigenvalue weighted by Gasteiger charge is -2.20. The van der Waals surface area contributed by atoms with Crippen LogP contribution in [0.1, 0.15) is 16.6 Å². The van der Waals surface area contributed by atoms with Crippen LogP contribution in [0.15, 0.2) is 18.2 Å². The first-order valence-corrected chi connectivity index (χ1v) is 7.40. The predicted octanol–water partition coefficient (Wildman–Crippen LogP) is 2.68. The Morgan fingerprint density at radius 2 is 2.15 bits per heavy atom. The Labute approximate surface area is 129 Å². The lowest BCUT2D eigenvalue weighted by molar-refractivity contribution is 0.00323. The van der Waals surface area contributed by atoms with Gasteiger partial charge in [-0.2, -0.15) is 0 Å². The van der Waals surface area contributed by atoms with Crippen molar-refractivity contribution in [3.05, 3.63) is 33.1 Å². The Morgan fingerprint density at radius 1 is 1.45 bits per heavy atom. The van der Waals surface area contributed by atoms with E-state index in [0.717, 1.165) is 10.1 Å². The molecule has 2 rings (SSSR count). The van der Waals surface area contributed by atoms with Gasteiger partial charge in [-0.25, -0.2) is 0 Å². The summed E-state index contributed by atoms with van der Waals surface area (Å²) in [5.41, 5.74) is -1.36. The second-order valence-corrected chi connectivity index (χ2v) is 6.59. The fourth-order valence-corrected chi connectivity index (χ4v) is 3.30. The molecule has 0 saturated heterocycles. The van der Waals surface area contributed by atoms with Crippen LogP contribution in [0.5, 0.6) is 0 Å². The van der Waals surface area contributed by atoms with E-state index in [9.17, 15) is 9.90 Å². The van der Waals surface area contributed by atoms with Gasteiger partial charge in [0, 0.05) is 21.7 Å². The molecular weight excluding hydrogens is 321 g/mol. The molecule has 4 nitrogen and oxygen atoms in total. The number of thiophene rings is 1. The van der Waals surface area contributed by atoms with E-state index in [2.05, 4.69) is 5.32 Å². The van der Waals surface area contributed by atoms with E-state index in [1.807, 2.05) is 0 Å². The molecule has 7 heteroatoms. The van der Waals surface area contributed by atoms with Gasteiger partial charge in [-0.05, 0) is 19.1 Å². The highest BCUT2D eigenvalue weighted by Crippen LogP contribution is 2.36. The minimum Gasteiger partial charge on any atom is -0.393 e. The first-order chi connectivity index (χ1) is 9.34. The van der Waals surface area contributed by atoms with E-state index in [1.165, 1.54) is 18.3 Å². The van der Waals surface area contributed by atoms with Crippen LogP contribution in [0.4, 0.5) is 0 Å². The standard InChI is InChI=1S/C13H13Cl2NO3S/c1-13(19,6-17)5-16-12(18)11-10(15)8-3-2-7(14)4-9(8)20-11/h2-4,17,19H,5-6H2,1H3,(H,16,18). The largest absolute Gasteiger partial charge is 0.393 e. The van der Waals surface area contributed by atoms with Gasteiger partial charge in [0.15, 0.2) is 0 Å². The van der Waals surface area contributed by atoms with Crippen molar-refractivity contribution in [3.8, 4) is 0 Å². The minimum absolute atomic E-state index is 0.0618. The summed E-state index contributed by atoms with van der Waals surface area (Å²) in [6.07, 6.45) is 0. The molecule has 1 aromatic heterocycles. The van der Waals surface area contributed by atoms with Gasteiger partial charge in [0.05, 0.1) is 11.6 Å². The van der Waals surface area contributed by atoms with Gasteiger partial charge in [-0.3, -0.25) is 4.79 Å². The van der Waals surface area contributed by atoms with Crippen molar-refractivity contribution >= 4 is 50.5 Å². The van der Waals surface area contributed by atoms with Crippen molar-refractivity contribution in [2.24, 2.45) is 0 Å². The average molecular weight is 334 g/mol. The highest BCUT2D eigenvalue weighted by Gasteiger charge is 2.22. The number of hydrogen-bond donors (Lipinski definition) is 3. The van der Waals surface area contributed by atoms with Crippen LogP contribution in [0.3, 0.4) is 0 Å².